The molecule has 0 saturated carbocycles. The summed E-state index contributed by atoms with van der Waals surface area (Å²) in [5.41, 5.74) is 30.3. The fraction of sp³-hybridized carbons (Fsp3) is 0.324. The number of anilines is 1. The normalized spacial score (nSPS) is 12.5. The molecule has 3 aromatic rings. The molecule has 48 heavy (non-hydrogen) atoms. The molecule has 0 spiro atoms. The first-order valence-corrected chi connectivity index (χ1v) is 15.7. The maximum atomic E-state index is 13.6. The van der Waals surface area contributed by atoms with Gasteiger partial charge in [0.1, 0.15) is 30.5 Å². The van der Waals surface area contributed by atoms with Crippen LogP contribution < -0.4 is 49.4 Å². The first-order chi connectivity index (χ1) is 23.1. The number of nitrogens with two attached hydrogens (primary N) is 5. The minimum atomic E-state index is -1.19. The lowest BCUT2D eigenvalue weighted by molar-refractivity contribution is -0.132. The molecule has 14 heteroatoms. The summed E-state index contributed by atoms with van der Waals surface area (Å²) in [6.07, 6.45) is 1.91. The van der Waals surface area contributed by atoms with Crippen LogP contribution in [0.3, 0.4) is 0 Å². The van der Waals surface area contributed by atoms with Crippen LogP contribution in [-0.2, 0) is 21.0 Å². The Morgan fingerprint density at radius 3 is 1.98 bits per heavy atom. The van der Waals surface area contributed by atoms with Crippen LogP contribution in [-0.4, -0.2) is 54.8 Å². The molecule has 4 amide bonds. The van der Waals surface area contributed by atoms with Crippen LogP contribution in [0.15, 0.2) is 83.9 Å². The lowest BCUT2D eigenvalue weighted by atomic mass is 10.0. The quantitative estimate of drug-likeness (QED) is 0.0394. The molecule has 3 atom stereocenters. The molecule has 0 bridgehead atoms. The molecule has 256 valence electrons. The van der Waals surface area contributed by atoms with Gasteiger partial charge in [-0.05, 0) is 86.2 Å². The average Bonchev–Trinajstić information content (AvgIpc) is 3.08. The summed E-state index contributed by atoms with van der Waals surface area (Å²) in [6.45, 7) is 0.930. The van der Waals surface area contributed by atoms with Crippen molar-refractivity contribution in [1.29, 1.82) is 0 Å². The Bertz CT molecular complexity index is 1510. The van der Waals surface area contributed by atoms with E-state index in [1.165, 1.54) is 0 Å². The average molecular weight is 660 g/mol. The zero-order chi connectivity index (χ0) is 34.9. The summed E-state index contributed by atoms with van der Waals surface area (Å²) in [5.74, 6) is -2.02. The van der Waals surface area contributed by atoms with E-state index in [0.29, 0.717) is 55.0 Å². The van der Waals surface area contributed by atoms with Crippen molar-refractivity contribution in [3.05, 3.63) is 95.6 Å². The predicted octanol–water partition coefficient (Wildman–Crippen LogP) is 0.956. The van der Waals surface area contributed by atoms with Crippen molar-refractivity contribution in [3.63, 3.8) is 0 Å². The van der Waals surface area contributed by atoms with Crippen LogP contribution in [0, 0.1) is 0 Å². The fourth-order valence-electron chi connectivity index (χ4n) is 4.74. The number of hydrogen-bond acceptors (Lipinski definition) is 8. The smallest absolute Gasteiger partial charge is 0.251 e. The molecule has 0 heterocycles. The van der Waals surface area contributed by atoms with Gasteiger partial charge in [-0.25, -0.2) is 0 Å². The van der Waals surface area contributed by atoms with E-state index in [-0.39, 0.29) is 25.3 Å². The Morgan fingerprint density at radius 2 is 1.35 bits per heavy atom. The van der Waals surface area contributed by atoms with Crippen LogP contribution in [0.25, 0.3) is 0 Å². The van der Waals surface area contributed by atoms with E-state index in [0.717, 1.165) is 5.56 Å². The second-order valence-electron chi connectivity index (χ2n) is 11.1. The van der Waals surface area contributed by atoms with Gasteiger partial charge < -0.3 is 49.4 Å². The molecule has 0 aliphatic rings. The summed E-state index contributed by atoms with van der Waals surface area (Å²) < 4.78 is 5.82. The Morgan fingerprint density at radius 1 is 0.729 bits per heavy atom. The highest BCUT2D eigenvalue weighted by molar-refractivity contribution is 5.98. The van der Waals surface area contributed by atoms with Gasteiger partial charge in [0.05, 0.1) is 0 Å². The maximum Gasteiger partial charge on any atom is 0.251 e. The number of nitrogens with zero attached hydrogens (tertiary/aromatic N) is 1. The predicted molar refractivity (Wildman–Crippen MR) is 184 cm³/mol. The molecule has 0 radical (unpaired) electrons. The molecule has 0 saturated heterocycles. The molecule has 0 aliphatic heterocycles. The van der Waals surface area contributed by atoms with Crippen LogP contribution in [0.4, 0.5) is 5.69 Å². The van der Waals surface area contributed by atoms with Gasteiger partial charge in [0.2, 0.25) is 17.7 Å². The van der Waals surface area contributed by atoms with Crippen LogP contribution in [0.5, 0.6) is 5.75 Å². The van der Waals surface area contributed by atoms with Gasteiger partial charge >= 0.3 is 0 Å². The number of carbonyl (C=O) groups is 4. The van der Waals surface area contributed by atoms with Gasteiger partial charge in [0, 0.05) is 17.8 Å². The third-order valence-electron chi connectivity index (χ3n) is 7.35. The number of ether oxygens (including phenoxy) is 1. The fourth-order valence-corrected chi connectivity index (χ4v) is 4.74. The SMILES string of the molecule is NCCCC[C@H](NC(=O)[C@H](CCCN=C(N)N)NC(=O)c1ccccc1)C(=O)N[C@@H](C(N)=O)c1ccc(OCc2ccc(N)cc2)cc1. The Kier molecular flexibility index (Phi) is 14.7. The zero-order valence-corrected chi connectivity index (χ0v) is 26.8. The van der Waals surface area contributed by atoms with Crippen LogP contribution in [0.1, 0.15) is 59.6 Å². The van der Waals surface area contributed by atoms with Crippen LogP contribution >= 0.6 is 0 Å². The van der Waals surface area contributed by atoms with Crippen molar-refractivity contribution in [2.45, 2.75) is 56.8 Å². The monoisotopic (exact) mass is 659 g/mol. The van der Waals surface area contributed by atoms with Gasteiger partial charge in [-0.1, -0.05) is 42.5 Å². The van der Waals surface area contributed by atoms with Crippen molar-refractivity contribution in [2.24, 2.45) is 27.9 Å². The van der Waals surface area contributed by atoms with Gasteiger partial charge in [0.15, 0.2) is 5.96 Å². The van der Waals surface area contributed by atoms with Gasteiger partial charge in [-0.3, -0.25) is 24.2 Å². The Labute approximate surface area is 279 Å². The lowest BCUT2D eigenvalue weighted by Crippen LogP contribution is -2.54. The molecule has 0 aromatic heterocycles. The maximum absolute atomic E-state index is 13.6. The van der Waals surface area contributed by atoms with Crippen molar-refractivity contribution in [1.82, 2.24) is 16.0 Å². The first-order valence-electron chi connectivity index (χ1n) is 15.7. The Hall–Kier alpha value is -5.63. The summed E-state index contributed by atoms with van der Waals surface area (Å²) in [5, 5.41) is 8.17. The standard InChI is InChI=1S/C34H45N9O5/c35-19-5-4-9-27(42-32(46)28(10-6-20-40-34(38)39)41-31(45)24-7-2-1-3-8-24)33(47)43-29(30(37)44)23-13-17-26(18-14-23)48-21-22-11-15-25(36)16-12-22/h1-3,7-8,11-18,27-29H,4-6,9-10,19-21,35-36H2,(H2,37,44)(H,41,45)(H,42,46)(H,43,47)(H4,38,39,40)/t27-,28-,29+/m0/s1. The number of guanidine groups is 1. The second-order valence-corrected chi connectivity index (χ2v) is 11.1. The zero-order valence-electron chi connectivity index (χ0n) is 26.8. The number of aliphatic imine (C=N–C) groups is 1. The van der Waals surface area contributed by atoms with Gasteiger partial charge in [-0.2, -0.15) is 0 Å². The molecule has 3 aromatic carbocycles. The molecule has 14 nitrogen and oxygen atoms in total. The van der Waals surface area contributed by atoms with E-state index in [1.54, 1.807) is 66.7 Å². The summed E-state index contributed by atoms with van der Waals surface area (Å²) in [6, 6.07) is 19.0. The molecule has 13 N–H and O–H groups in total. The highest BCUT2D eigenvalue weighted by Gasteiger charge is 2.29. The van der Waals surface area contributed by atoms with Gasteiger partial charge in [0.25, 0.3) is 5.91 Å². The number of nitrogen functional groups attached to an aromatic ring is 1. The molecule has 0 unspecified atom stereocenters. The minimum Gasteiger partial charge on any atom is -0.489 e. The van der Waals surface area contributed by atoms with E-state index in [4.69, 9.17) is 33.4 Å². The van der Waals surface area contributed by atoms with Crippen molar-refractivity contribution in [2.75, 3.05) is 18.8 Å². The van der Waals surface area contributed by atoms with Crippen molar-refractivity contribution >= 4 is 35.3 Å². The number of primary amides is 1. The number of benzene rings is 3. The Balaban J connectivity index is 1.72. The van der Waals surface area contributed by atoms with E-state index >= 15 is 0 Å². The third kappa shape index (κ3) is 12.3. The summed E-state index contributed by atoms with van der Waals surface area (Å²) in [4.78, 5) is 56.5. The number of unbranched alkanes of at least 4 members (excludes halogenated alkanes) is 1. The second kappa shape index (κ2) is 19.1. The highest BCUT2D eigenvalue weighted by Crippen LogP contribution is 2.20. The van der Waals surface area contributed by atoms with Crippen LogP contribution in [0.2, 0.25) is 0 Å². The first kappa shape index (κ1) is 36.8. The largest absolute Gasteiger partial charge is 0.489 e. The lowest BCUT2D eigenvalue weighted by Gasteiger charge is -2.25. The molecular formula is C34H45N9O5. The van der Waals surface area contributed by atoms with E-state index in [1.807, 2.05) is 12.1 Å². The number of amides is 4. The van der Waals surface area contributed by atoms with E-state index in [9.17, 15) is 19.2 Å². The molecular weight excluding hydrogens is 614 g/mol. The number of carbonyl (C=O) groups excluding carboxylic acids is 4. The summed E-state index contributed by atoms with van der Waals surface area (Å²) >= 11 is 0. The third-order valence-corrected chi connectivity index (χ3v) is 7.35. The van der Waals surface area contributed by atoms with Crippen molar-refractivity contribution in [3.8, 4) is 5.75 Å². The number of nitrogens with one attached hydrogen (secondary N) is 3. The molecule has 3 rings (SSSR count). The topological polar surface area (TPSA) is 256 Å². The number of rotatable bonds is 19. The minimum absolute atomic E-state index is 0.0923. The van der Waals surface area contributed by atoms with E-state index in [2.05, 4.69) is 20.9 Å². The van der Waals surface area contributed by atoms with Gasteiger partial charge in [-0.15, -0.1) is 0 Å². The molecule has 0 aliphatic carbocycles. The van der Waals surface area contributed by atoms with E-state index < -0.39 is 41.8 Å². The number of hydrogen-bond donors (Lipinski definition) is 8. The van der Waals surface area contributed by atoms with Crippen molar-refractivity contribution < 1.29 is 23.9 Å². The highest BCUT2D eigenvalue weighted by atomic mass is 16.5. The molecule has 0 fully saturated rings. The summed E-state index contributed by atoms with van der Waals surface area (Å²) in [7, 11) is 0.